The summed E-state index contributed by atoms with van der Waals surface area (Å²) in [5.74, 6) is 1.06. The zero-order valence-electron chi connectivity index (χ0n) is 37.2. The Hall–Kier alpha value is -5.71. The second-order valence-corrected chi connectivity index (χ2v) is 23.2. The third-order valence-corrected chi connectivity index (χ3v) is 14.0. The average Bonchev–Trinajstić information content (AvgIpc) is 3.57. The topological polar surface area (TPSA) is 110 Å². The van der Waals surface area contributed by atoms with Gasteiger partial charge >= 0.3 is 0 Å². The van der Waals surface area contributed by atoms with Gasteiger partial charge in [-0.25, -0.2) is 0 Å². The molecule has 1 saturated heterocycles. The molecule has 2 amide bonds. The first-order chi connectivity index (χ1) is 29.8. The van der Waals surface area contributed by atoms with Gasteiger partial charge in [-0.2, -0.15) is 5.26 Å². The van der Waals surface area contributed by atoms with E-state index < -0.39 is 8.07 Å². The van der Waals surface area contributed by atoms with E-state index in [1.807, 2.05) is 85.0 Å². The molecule has 62 heavy (non-hydrogen) atoms. The van der Waals surface area contributed by atoms with Crippen molar-refractivity contribution in [1.29, 1.82) is 5.26 Å². The third kappa shape index (κ3) is 10.1. The van der Waals surface area contributed by atoms with E-state index in [4.69, 9.17) is 18.9 Å². The fourth-order valence-electron chi connectivity index (χ4n) is 8.33. The number of nitrogens with zero attached hydrogens (tertiary/aromatic N) is 5. The van der Waals surface area contributed by atoms with Gasteiger partial charge in [0.2, 0.25) is 0 Å². The van der Waals surface area contributed by atoms with Crippen LogP contribution in [0.25, 0.3) is 11.3 Å². The van der Waals surface area contributed by atoms with Crippen LogP contribution in [0.3, 0.4) is 0 Å². The Morgan fingerprint density at radius 1 is 0.919 bits per heavy atom. The van der Waals surface area contributed by atoms with E-state index in [2.05, 4.69) is 48.8 Å². The van der Waals surface area contributed by atoms with E-state index in [1.54, 1.807) is 30.2 Å². The fraction of sp³-hybridized carbons (Fsp3) is 0.380. The molecule has 1 fully saturated rings. The van der Waals surface area contributed by atoms with Gasteiger partial charge in [0.1, 0.15) is 11.5 Å². The van der Waals surface area contributed by atoms with Crippen LogP contribution in [0, 0.1) is 25.2 Å². The first-order valence-corrected chi connectivity index (χ1v) is 25.2. The number of ether oxygens (including phenoxy) is 4. The quantitative estimate of drug-likeness (QED) is 0.0586. The number of hydrogen-bond donors (Lipinski definition) is 0. The lowest BCUT2D eigenvalue weighted by molar-refractivity contribution is 0.0192. The number of rotatable bonds is 15. The normalized spacial score (nSPS) is 15.5. The van der Waals surface area contributed by atoms with E-state index in [1.165, 1.54) is 5.56 Å². The molecule has 0 saturated carbocycles. The lowest BCUT2D eigenvalue weighted by Gasteiger charge is -2.40. The van der Waals surface area contributed by atoms with Crippen LogP contribution in [0.4, 0.5) is 5.69 Å². The molecule has 7 rings (SSSR count). The Morgan fingerprint density at radius 3 is 2.37 bits per heavy atom. The van der Waals surface area contributed by atoms with Crippen LogP contribution in [-0.4, -0.2) is 93.7 Å². The molecule has 5 aromatic rings. The zero-order chi connectivity index (χ0) is 44.0. The zero-order valence-corrected chi connectivity index (χ0v) is 38.2. The summed E-state index contributed by atoms with van der Waals surface area (Å²) in [5, 5.41) is 10.1. The van der Waals surface area contributed by atoms with Gasteiger partial charge in [0.05, 0.1) is 44.1 Å². The van der Waals surface area contributed by atoms with E-state index in [-0.39, 0.29) is 31.2 Å². The van der Waals surface area contributed by atoms with Crippen molar-refractivity contribution >= 4 is 25.6 Å². The maximum absolute atomic E-state index is 15.1. The third-order valence-electron chi connectivity index (χ3n) is 12.3. The number of methoxy groups -OCH3 is 1. The number of anilines is 1. The van der Waals surface area contributed by atoms with Gasteiger partial charge in [0.25, 0.3) is 11.8 Å². The van der Waals surface area contributed by atoms with Crippen LogP contribution in [0.1, 0.15) is 54.2 Å². The summed E-state index contributed by atoms with van der Waals surface area (Å²) >= 11 is 0. The van der Waals surface area contributed by atoms with E-state index in [0.29, 0.717) is 65.8 Å². The predicted molar refractivity (Wildman–Crippen MR) is 246 cm³/mol. The maximum atomic E-state index is 15.1. The first kappa shape index (κ1) is 44.3. The number of benzene rings is 4. The van der Waals surface area contributed by atoms with E-state index >= 15 is 9.59 Å². The molecule has 0 N–H and O–H groups in total. The number of aromatic nitrogens is 1. The highest BCUT2D eigenvalue weighted by atomic mass is 28.3. The van der Waals surface area contributed by atoms with Crippen LogP contribution in [-0.2, 0) is 36.0 Å². The van der Waals surface area contributed by atoms with Crippen molar-refractivity contribution in [2.75, 3.05) is 58.3 Å². The molecule has 0 unspecified atom stereocenters. The van der Waals surface area contributed by atoms with E-state index in [9.17, 15) is 5.26 Å². The Morgan fingerprint density at radius 2 is 1.66 bits per heavy atom. The molecule has 0 aliphatic carbocycles. The number of carbonyl (C=O) groups excluding carboxylic acids is 2. The summed E-state index contributed by atoms with van der Waals surface area (Å²) in [4.78, 5) is 36.2. The van der Waals surface area contributed by atoms with Crippen molar-refractivity contribution in [3.8, 4) is 28.8 Å². The lowest BCUT2D eigenvalue weighted by Crippen LogP contribution is -2.52. The highest BCUT2D eigenvalue weighted by Crippen LogP contribution is 2.35. The molecule has 3 heterocycles. The molecular weight excluding hydrogens is 795 g/mol. The molecule has 2 aliphatic heterocycles. The molecule has 2 aliphatic rings. The largest absolute Gasteiger partial charge is 0.496 e. The molecule has 4 aromatic carbocycles. The number of morpholine rings is 1. The summed E-state index contributed by atoms with van der Waals surface area (Å²) in [5.41, 5.74) is 8.35. The fourth-order valence-corrected chi connectivity index (χ4v) is 9.09. The van der Waals surface area contributed by atoms with Gasteiger partial charge in [-0.15, -0.1) is 0 Å². The molecule has 324 valence electrons. The molecule has 0 radical (unpaired) electrons. The van der Waals surface area contributed by atoms with Crippen molar-refractivity contribution in [2.24, 2.45) is 7.05 Å². The predicted octanol–water partition coefficient (Wildman–Crippen LogP) is 8.63. The van der Waals surface area contributed by atoms with Gasteiger partial charge < -0.3 is 33.3 Å². The van der Waals surface area contributed by atoms with Crippen molar-refractivity contribution in [3.05, 3.63) is 136 Å². The summed E-state index contributed by atoms with van der Waals surface area (Å²) in [6.45, 7) is 16.2. The average molecular weight is 854 g/mol. The molecule has 12 heteroatoms. The summed E-state index contributed by atoms with van der Waals surface area (Å²) in [6, 6.07) is 32.1. The number of fused-ring (bicyclic) bond motifs is 1. The number of amides is 2. The second-order valence-electron chi connectivity index (χ2n) is 17.5. The van der Waals surface area contributed by atoms with Gasteiger partial charge in [-0.3, -0.25) is 14.5 Å². The van der Waals surface area contributed by atoms with Crippen molar-refractivity contribution in [3.63, 3.8) is 0 Å². The summed E-state index contributed by atoms with van der Waals surface area (Å²) in [6.07, 6.45) is 0.745. The Bertz CT molecular complexity index is 2430. The molecule has 0 bridgehead atoms. The molecule has 1 atom stereocenters. The maximum Gasteiger partial charge on any atom is 0.260 e. The lowest BCUT2D eigenvalue weighted by atomic mass is 9.91. The first-order valence-electron chi connectivity index (χ1n) is 21.5. The van der Waals surface area contributed by atoms with Gasteiger partial charge in [0.15, 0.2) is 6.79 Å². The van der Waals surface area contributed by atoms with Gasteiger partial charge in [-0.05, 0) is 103 Å². The highest BCUT2D eigenvalue weighted by molar-refractivity contribution is 6.76. The summed E-state index contributed by atoms with van der Waals surface area (Å²) in [7, 11) is 2.33. The van der Waals surface area contributed by atoms with Crippen molar-refractivity contribution in [2.45, 2.75) is 65.1 Å². The molecule has 0 spiro atoms. The second kappa shape index (κ2) is 19.6. The molecule has 11 nitrogen and oxygen atoms in total. The van der Waals surface area contributed by atoms with Crippen LogP contribution in [0.5, 0.6) is 11.5 Å². The van der Waals surface area contributed by atoms with Crippen LogP contribution in [0.15, 0.2) is 91.0 Å². The van der Waals surface area contributed by atoms with Crippen molar-refractivity contribution < 1.29 is 28.5 Å². The smallest absolute Gasteiger partial charge is 0.260 e. The Balaban J connectivity index is 1.22. The summed E-state index contributed by atoms with van der Waals surface area (Å²) < 4.78 is 24.9. The molecular formula is C50H59N5O6Si. The monoisotopic (exact) mass is 853 g/mol. The minimum Gasteiger partial charge on any atom is -0.496 e. The van der Waals surface area contributed by atoms with Crippen LogP contribution < -0.4 is 14.4 Å². The standard InChI is InChI=1S/C50H59N5O6Si/c1-35-39(13-10-14-48(35)58-4)31-54(41-16-18-43(19-17-41)61-34-60-25-26-62(5,6)7)50(57)45-29-47(52(3)36(45)2)46-27-37(30-51)15-20-44(46)49(56)55-32-40-12-9-8-11-38(40)28-42(55)33-53-21-23-59-24-22-53/h8-20,27,29,42H,21-26,28,31-34H2,1-7H3/t42-/m0/s1. The number of carbonyl (C=O) groups is 2. The van der Waals surface area contributed by atoms with Crippen LogP contribution in [0.2, 0.25) is 25.7 Å². The van der Waals surface area contributed by atoms with Crippen LogP contribution >= 0.6 is 0 Å². The molecule has 1 aromatic heterocycles. The minimum absolute atomic E-state index is 0.0563. The highest BCUT2D eigenvalue weighted by Gasteiger charge is 2.34. The number of nitriles is 1. The van der Waals surface area contributed by atoms with Gasteiger partial charge in [-0.1, -0.05) is 56.0 Å². The SMILES string of the molecule is COc1cccc(CN(C(=O)c2cc(-c3cc(C#N)ccc3C(=O)N3Cc4ccccc4C[C@H]3CN3CCOCC3)n(C)c2C)c2ccc(OCOCC[Si](C)(C)C)cc2)c1C. The van der Waals surface area contributed by atoms with E-state index in [0.717, 1.165) is 60.2 Å². The minimum atomic E-state index is -1.22. The van der Waals surface area contributed by atoms with Crippen molar-refractivity contribution in [1.82, 2.24) is 14.4 Å². The Labute approximate surface area is 367 Å². The Kier molecular flexibility index (Phi) is 14.0. The van der Waals surface area contributed by atoms with Gasteiger partial charge in [0, 0.05) is 82.2 Å². The number of hydrogen-bond acceptors (Lipinski definition) is 8.